The van der Waals surface area contributed by atoms with Crippen molar-refractivity contribution in [1.29, 1.82) is 0 Å². The van der Waals surface area contributed by atoms with Gasteiger partial charge in [0.15, 0.2) is 0 Å². The number of anilines is 2. The molecular formula is C64H76N2O9S2. The molecule has 0 spiro atoms. The Morgan fingerprint density at radius 1 is 0.481 bits per heavy atom. The normalized spacial score (nSPS) is 11.5. The molecule has 0 unspecified atom stereocenters. The van der Waals surface area contributed by atoms with Crippen molar-refractivity contribution in [2.75, 3.05) is 28.8 Å². The van der Waals surface area contributed by atoms with Gasteiger partial charge in [0.05, 0.1) is 39.4 Å². The number of aryl methyl sites for hydroxylation is 5. The minimum atomic E-state index is -3.86. The third kappa shape index (κ3) is 15.6. The smallest absolute Gasteiger partial charge is 0.335 e. The highest BCUT2D eigenvalue weighted by Crippen LogP contribution is 2.36. The maximum atomic E-state index is 14.4. The quantitative estimate of drug-likeness (QED) is 0.0478. The number of nitrogens with zero attached hydrogens (tertiary/aromatic N) is 2. The molecule has 0 amide bonds. The first-order valence-electron chi connectivity index (χ1n) is 27.0. The van der Waals surface area contributed by atoms with Gasteiger partial charge >= 0.3 is 11.9 Å². The Morgan fingerprint density at radius 2 is 0.922 bits per heavy atom. The van der Waals surface area contributed by atoms with Crippen molar-refractivity contribution in [1.82, 2.24) is 0 Å². The predicted molar refractivity (Wildman–Crippen MR) is 312 cm³/mol. The summed E-state index contributed by atoms with van der Waals surface area (Å²) in [5.74, 6) is -1.22. The summed E-state index contributed by atoms with van der Waals surface area (Å²) in [4.78, 5) is 23.0. The number of carboxylic acids is 2. The van der Waals surface area contributed by atoms with Gasteiger partial charge in [-0.1, -0.05) is 156 Å². The molecule has 7 rings (SSSR count). The second-order valence-corrected chi connectivity index (χ2v) is 23.4. The van der Waals surface area contributed by atoms with Gasteiger partial charge in [-0.25, -0.2) is 26.4 Å². The number of aromatic carboxylic acids is 2. The van der Waals surface area contributed by atoms with E-state index in [1.165, 1.54) is 0 Å². The van der Waals surface area contributed by atoms with Gasteiger partial charge in [0.1, 0.15) is 5.75 Å². The Labute approximate surface area is 457 Å². The van der Waals surface area contributed by atoms with Crippen LogP contribution in [0.25, 0.3) is 10.8 Å². The predicted octanol–water partition coefficient (Wildman–Crippen LogP) is 14.8. The van der Waals surface area contributed by atoms with Gasteiger partial charge in [0, 0.05) is 13.1 Å². The molecule has 13 heteroatoms. The summed E-state index contributed by atoms with van der Waals surface area (Å²) in [7, 11) is -6.05. The minimum absolute atomic E-state index is 0.250. The molecule has 0 saturated heterocycles. The molecule has 0 aliphatic heterocycles. The Morgan fingerprint density at radius 3 is 1.39 bits per heavy atom. The van der Waals surface area contributed by atoms with Crippen LogP contribution in [0.4, 0.5) is 11.4 Å². The lowest BCUT2D eigenvalue weighted by atomic mass is 10.0. The number of rotatable bonds is 27. The van der Waals surface area contributed by atoms with Gasteiger partial charge in [0.2, 0.25) is 0 Å². The molecule has 0 aliphatic rings. The molecule has 77 heavy (non-hydrogen) atoms. The number of hydrogen-bond acceptors (Lipinski definition) is 7. The standard InChI is InChI=1S/C32H41NO5S.C32H35NO4S/c1-6-7-8-9-12-21-33(39(36,37)31-23(2)22-30(38-5)24(3)25(31)4)29-14-11-10-13-27(29)18-15-26-16-19-28(20-17-26)32(34)35;1-2-3-4-5-10-23-33(38(36,37)30-22-21-26-11-6-7-13-29(26)24-30)31-14-9-8-12-27(31)18-15-25-16-19-28(20-17-25)32(34)35/h10-11,13-14,16-17,19-20,22H,6-9,12,15,18,21H2,1-5H3,(H,34,35);6-9,11-14,16-17,19-22,24H,2-5,10,15,18,23H2,1H3,(H,34,35). The van der Waals surface area contributed by atoms with Crippen molar-refractivity contribution < 1.29 is 41.4 Å². The number of methoxy groups -OCH3 is 1. The number of para-hydroxylation sites is 2. The molecule has 408 valence electrons. The minimum Gasteiger partial charge on any atom is -0.496 e. The van der Waals surface area contributed by atoms with E-state index in [-0.39, 0.29) is 11.1 Å². The van der Waals surface area contributed by atoms with Crippen LogP contribution in [-0.2, 0) is 45.7 Å². The average molecular weight is 1080 g/mol. The van der Waals surface area contributed by atoms with E-state index in [4.69, 9.17) is 9.84 Å². The molecule has 0 heterocycles. The van der Waals surface area contributed by atoms with Gasteiger partial charge in [-0.15, -0.1) is 0 Å². The number of sulfonamides is 2. The molecular weight excluding hydrogens is 1000 g/mol. The molecule has 0 fully saturated rings. The van der Waals surface area contributed by atoms with Crippen LogP contribution in [0.2, 0.25) is 0 Å². The van der Waals surface area contributed by atoms with Crippen LogP contribution in [0.3, 0.4) is 0 Å². The van der Waals surface area contributed by atoms with Crippen LogP contribution < -0.4 is 13.3 Å². The molecule has 0 aromatic heterocycles. The zero-order chi connectivity index (χ0) is 55.5. The van der Waals surface area contributed by atoms with Gasteiger partial charge in [-0.2, -0.15) is 0 Å². The average Bonchev–Trinajstić information content (AvgIpc) is 3.48. The van der Waals surface area contributed by atoms with Crippen LogP contribution in [0, 0.1) is 20.8 Å². The highest BCUT2D eigenvalue weighted by atomic mass is 32.2. The summed E-state index contributed by atoms with van der Waals surface area (Å²) in [5.41, 5.74) is 8.01. The summed E-state index contributed by atoms with van der Waals surface area (Å²) in [5, 5.41) is 20.3. The largest absolute Gasteiger partial charge is 0.496 e. The monoisotopic (exact) mass is 1080 g/mol. The van der Waals surface area contributed by atoms with E-state index in [0.717, 1.165) is 103 Å². The summed E-state index contributed by atoms with van der Waals surface area (Å²) in [6.07, 6.45) is 12.9. The summed E-state index contributed by atoms with van der Waals surface area (Å²) >= 11 is 0. The number of ether oxygens (including phenoxy) is 1. The topological polar surface area (TPSA) is 159 Å². The van der Waals surface area contributed by atoms with Crippen molar-refractivity contribution in [3.05, 3.63) is 196 Å². The van der Waals surface area contributed by atoms with E-state index in [1.807, 2.05) is 124 Å². The third-order valence-electron chi connectivity index (χ3n) is 14.3. The second kappa shape index (κ2) is 28.4. The van der Waals surface area contributed by atoms with E-state index in [1.54, 1.807) is 58.2 Å². The number of carboxylic acid groups (broad SMARTS) is 2. The van der Waals surface area contributed by atoms with Crippen molar-refractivity contribution in [3.63, 3.8) is 0 Å². The first kappa shape index (κ1) is 59.3. The fourth-order valence-corrected chi connectivity index (χ4v) is 13.4. The molecule has 7 aromatic carbocycles. The first-order valence-corrected chi connectivity index (χ1v) is 29.9. The molecule has 0 radical (unpaired) electrons. The van der Waals surface area contributed by atoms with E-state index < -0.39 is 32.0 Å². The van der Waals surface area contributed by atoms with Crippen molar-refractivity contribution in [2.24, 2.45) is 0 Å². The SMILES string of the molecule is CCCCCCCN(c1ccccc1CCc1ccc(C(=O)O)cc1)S(=O)(=O)c1c(C)cc(OC)c(C)c1C.CCCCCCCN(c1ccccc1CCc1ccc(C(=O)O)cc1)S(=O)(=O)c1ccc2ccccc2c1. The summed E-state index contributed by atoms with van der Waals surface area (Å²) in [6, 6.07) is 44.1. The van der Waals surface area contributed by atoms with Gasteiger partial charge in [-0.05, 0) is 164 Å². The van der Waals surface area contributed by atoms with Crippen LogP contribution >= 0.6 is 0 Å². The molecule has 0 bridgehead atoms. The van der Waals surface area contributed by atoms with Gasteiger partial charge < -0.3 is 14.9 Å². The number of hydrogen-bond donors (Lipinski definition) is 2. The van der Waals surface area contributed by atoms with Gasteiger partial charge in [0.25, 0.3) is 20.0 Å². The Hall–Kier alpha value is -6.96. The molecule has 0 aliphatic carbocycles. The number of benzene rings is 7. The lowest BCUT2D eigenvalue weighted by molar-refractivity contribution is 0.0686. The highest BCUT2D eigenvalue weighted by Gasteiger charge is 2.31. The summed E-state index contributed by atoms with van der Waals surface area (Å²) < 4.78 is 65.7. The van der Waals surface area contributed by atoms with E-state index in [2.05, 4.69) is 13.8 Å². The highest BCUT2D eigenvalue weighted by molar-refractivity contribution is 7.93. The Kier molecular flexibility index (Phi) is 21.9. The maximum absolute atomic E-state index is 14.4. The van der Waals surface area contributed by atoms with E-state index in [9.17, 15) is 31.5 Å². The second-order valence-electron chi connectivity index (χ2n) is 19.7. The van der Waals surface area contributed by atoms with Crippen molar-refractivity contribution >= 4 is 54.1 Å². The van der Waals surface area contributed by atoms with Crippen LogP contribution in [0.15, 0.2) is 155 Å². The Balaban J connectivity index is 0.000000250. The van der Waals surface area contributed by atoms with E-state index >= 15 is 0 Å². The number of fused-ring (bicyclic) bond motifs is 1. The van der Waals surface area contributed by atoms with E-state index in [0.29, 0.717) is 76.8 Å². The lowest BCUT2D eigenvalue weighted by Gasteiger charge is -2.29. The van der Waals surface area contributed by atoms with Crippen LogP contribution in [0.1, 0.15) is 138 Å². The number of unbranched alkanes of at least 4 members (excludes halogenated alkanes) is 8. The Bertz CT molecular complexity index is 3300. The zero-order valence-electron chi connectivity index (χ0n) is 45.6. The molecule has 0 atom stereocenters. The maximum Gasteiger partial charge on any atom is 0.335 e. The zero-order valence-corrected chi connectivity index (χ0v) is 47.3. The van der Waals surface area contributed by atoms with Gasteiger partial charge in [-0.3, -0.25) is 8.61 Å². The molecule has 7 aromatic rings. The van der Waals surface area contributed by atoms with Crippen LogP contribution in [0.5, 0.6) is 5.75 Å². The summed E-state index contributed by atoms with van der Waals surface area (Å²) in [6.45, 7) is 10.7. The first-order chi connectivity index (χ1) is 37.0. The lowest BCUT2D eigenvalue weighted by Crippen LogP contribution is -2.34. The van der Waals surface area contributed by atoms with Crippen LogP contribution in [-0.4, -0.2) is 59.2 Å². The van der Waals surface area contributed by atoms with Crippen molar-refractivity contribution in [3.8, 4) is 5.75 Å². The third-order valence-corrected chi connectivity index (χ3v) is 18.2. The molecule has 11 nitrogen and oxygen atoms in total. The molecule has 2 N–H and O–H groups in total. The number of carbonyl (C=O) groups is 2. The fraction of sp³-hybridized carbons (Fsp3) is 0.344. The van der Waals surface area contributed by atoms with Crippen molar-refractivity contribution in [2.45, 2.75) is 134 Å². The molecule has 0 saturated carbocycles. The fourth-order valence-electron chi connectivity index (χ4n) is 9.77.